The smallest absolute Gasteiger partial charge is 0.308 e. The summed E-state index contributed by atoms with van der Waals surface area (Å²) in [5, 5.41) is 11.9. The van der Waals surface area contributed by atoms with Crippen molar-refractivity contribution in [1.29, 1.82) is 0 Å². The lowest BCUT2D eigenvalue weighted by Crippen LogP contribution is -2.43. The van der Waals surface area contributed by atoms with E-state index in [0.29, 0.717) is 26.1 Å². The summed E-state index contributed by atoms with van der Waals surface area (Å²) in [6, 6.07) is 0. The van der Waals surface area contributed by atoms with Crippen molar-refractivity contribution >= 4 is 17.8 Å². The van der Waals surface area contributed by atoms with Gasteiger partial charge in [0.05, 0.1) is 5.92 Å². The van der Waals surface area contributed by atoms with Crippen LogP contribution in [0.25, 0.3) is 0 Å². The van der Waals surface area contributed by atoms with Crippen LogP contribution in [0, 0.1) is 11.8 Å². The van der Waals surface area contributed by atoms with Crippen LogP contribution in [0.3, 0.4) is 0 Å². The Kier molecular flexibility index (Phi) is 6.21. The number of carbonyl (C=O) groups is 3. The summed E-state index contributed by atoms with van der Waals surface area (Å²) in [6.07, 6.45) is 6.96. The van der Waals surface area contributed by atoms with E-state index in [9.17, 15) is 14.4 Å². The second kappa shape index (κ2) is 8.15. The number of piperidine rings is 1. The fraction of sp³-hybridized carbons (Fsp3) is 0.812. The van der Waals surface area contributed by atoms with Crippen molar-refractivity contribution in [2.24, 2.45) is 11.8 Å². The SMILES string of the molecule is O=C(NCCC(=O)N1CCC[C@H](C(=O)O)C1)C1CCCCC1. The molecule has 0 aromatic carbocycles. The van der Waals surface area contributed by atoms with Gasteiger partial charge in [-0.25, -0.2) is 0 Å². The minimum atomic E-state index is -0.830. The van der Waals surface area contributed by atoms with E-state index >= 15 is 0 Å². The molecule has 1 atom stereocenters. The summed E-state index contributed by atoms with van der Waals surface area (Å²) >= 11 is 0. The van der Waals surface area contributed by atoms with Crippen LogP contribution in [0.2, 0.25) is 0 Å². The van der Waals surface area contributed by atoms with Crippen LogP contribution in [-0.2, 0) is 14.4 Å². The number of carbonyl (C=O) groups excluding carboxylic acids is 2. The molecule has 1 saturated heterocycles. The summed E-state index contributed by atoms with van der Waals surface area (Å²) in [6.45, 7) is 1.27. The molecule has 2 amide bonds. The van der Waals surface area contributed by atoms with E-state index in [1.807, 2.05) is 0 Å². The van der Waals surface area contributed by atoms with Crippen LogP contribution in [0.1, 0.15) is 51.4 Å². The highest BCUT2D eigenvalue weighted by atomic mass is 16.4. The Morgan fingerprint density at radius 1 is 1.00 bits per heavy atom. The van der Waals surface area contributed by atoms with E-state index in [0.717, 1.165) is 32.1 Å². The molecule has 2 N–H and O–H groups in total. The zero-order valence-electron chi connectivity index (χ0n) is 13.1. The van der Waals surface area contributed by atoms with Gasteiger partial charge < -0.3 is 15.3 Å². The average Bonchev–Trinajstić information content (AvgIpc) is 2.55. The molecule has 0 aromatic heterocycles. The summed E-state index contributed by atoms with van der Waals surface area (Å²) in [7, 11) is 0. The maximum absolute atomic E-state index is 12.1. The van der Waals surface area contributed by atoms with E-state index in [1.54, 1.807) is 4.90 Å². The lowest BCUT2D eigenvalue weighted by atomic mass is 9.89. The zero-order valence-corrected chi connectivity index (χ0v) is 13.1. The van der Waals surface area contributed by atoms with Crippen molar-refractivity contribution in [1.82, 2.24) is 10.2 Å². The minimum absolute atomic E-state index is 0.0603. The number of likely N-dealkylation sites (tertiary alicyclic amines) is 1. The first-order valence-electron chi connectivity index (χ1n) is 8.36. The molecule has 0 bridgehead atoms. The number of hydrogen-bond acceptors (Lipinski definition) is 3. The fourth-order valence-electron chi connectivity index (χ4n) is 3.37. The van der Waals surface area contributed by atoms with E-state index in [2.05, 4.69) is 5.32 Å². The predicted molar refractivity (Wildman–Crippen MR) is 81.1 cm³/mol. The third kappa shape index (κ3) is 4.71. The summed E-state index contributed by atoms with van der Waals surface area (Å²) < 4.78 is 0. The largest absolute Gasteiger partial charge is 0.481 e. The van der Waals surface area contributed by atoms with Crippen LogP contribution < -0.4 is 5.32 Å². The molecule has 1 aliphatic carbocycles. The van der Waals surface area contributed by atoms with Crippen LogP contribution in [-0.4, -0.2) is 47.4 Å². The van der Waals surface area contributed by atoms with Gasteiger partial charge in [0.1, 0.15) is 0 Å². The van der Waals surface area contributed by atoms with Gasteiger partial charge in [-0.3, -0.25) is 14.4 Å². The van der Waals surface area contributed by atoms with Crippen LogP contribution >= 0.6 is 0 Å². The highest BCUT2D eigenvalue weighted by Gasteiger charge is 2.28. The van der Waals surface area contributed by atoms with Gasteiger partial charge in [0.25, 0.3) is 0 Å². The van der Waals surface area contributed by atoms with E-state index in [4.69, 9.17) is 5.11 Å². The van der Waals surface area contributed by atoms with Crippen LogP contribution in [0.15, 0.2) is 0 Å². The van der Waals surface area contributed by atoms with Crippen LogP contribution in [0.4, 0.5) is 0 Å². The molecule has 2 fully saturated rings. The quantitative estimate of drug-likeness (QED) is 0.803. The zero-order chi connectivity index (χ0) is 15.9. The van der Waals surface area contributed by atoms with Crippen molar-refractivity contribution < 1.29 is 19.5 Å². The first-order valence-corrected chi connectivity index (χ1v) is 8.36. The lowest BCUT2D eigenvalue weighted by Gasteiger charge is -2.30. The topological polar surface area (TPSA) is 86.7 Å². The number of nitrogens with one attached hydrogen (secondary N) is 1. The number of hydrogen-bond donors (Lipinski definition) is 2. The summed E-state index contributed by atoms with van der Waals surface area (Å²) in [5.41, 5.74) is 0. The molecule has 1 aliphatic heterocycles. The predicted octanol–water partition coefficient (Wildman–Crippen LogP) is 1.40. The average molecular weight is 310 g/mol. The first kappa shape index (κ1) is 16.8. The van der Waals surface area contributed by atoms with Gasteiger partial charge in [0.2, 0.25) is 11.8 Å². The number of carboxylic acids is 1. The molecule has 0 spiro atoms. The van der Waals surface area contributed by atoms with Gasteiger partial charge in [-0.05, 0) is 25.7 Å². The Balaban J connectivity index is 1.68. The molecule has 124 valence electrons. The molecule has 6 heteroatoms. The molecule has 0 radical (unpaired) electrons. The number of aliphatic carboxylic acids is 1. The molecule has 22 heavy (non-hydrogen) atoms. The van der Waals surface area contributed by atoms with Crippen molar-refractivity contribution in [3.8, 4) is 0 Å². The van der Waals surface area contributed by atoms with Gasteiger partial charge in [-0.15, -0.1) is 0 Å². The molecule has 0 unspecified atom stereocenters. The van der Waals surface area contributed by atoms with Gasteiger partial charge in [0.15, 0.2) is 0 Å². The minimum Gasteiger partial charge on any atom is -0.481 e. The number of rotatable bonds is 5. The Labute approximate surface area is 131 Å². The first-order chi connectivity index (χ1) is 10.6. The van der Waals surface area contributed by atoms with Gasteiger partial charge in [-0.2, -0.15) is 0 Å². The van der Waals surface area contributed by atoms with E-state index in [1.165, 1.54) is 6.42 Å². The molecule has 1 heterocycles. The number of amides is 2. The second-order valence-corrected chi connectivity index (χ2v) is 6.39. The van der Waals surface area contributed by atoms with E-state index in [-0.39, 0.29) is 24.2 Å². The van der Waals surface area contributed by atoms with Gasteiger partial charge in [0, 0.05) is 32.0 Å². The molecular weight excluding hydrogens is 284 g/mol. The van der Waals surface area contributed by atoms with Gasteiger partial charge >= 0.3 is 5.97 Å². The van der Waals surface area contributed by atoms with Gasteiger partial charge in [-0.1, -0.05) is 19.3 Å². The number of carboxylic acid groups (broad SMARTS) is 1. The molecule has 2 aliphatic rings. The van der Waals surface area contributed by atoms with Crippen molar-refractivity contribution in [3.05, 3.63) is 0 Å². The Morgan fingerprint density at radius 3 is 2.36 bits per heavy atom. The summed E-state index contributed by atoms with van der Waals surface area (Å²) in [5.74, 6) is -1.17. The lowest BCUT2D eigenvalue weighted by molar-refractivity contribution is -0.145. The maximum Gasteiger partial charge on any atom is 0.308 e. The standard InChI is InChI=1S/C16H26N2O4/c19-14(18-10-4-7-13(11-18)16(21)22)8-9-17-15(20)12-5-2-1-3-6-12/h12-13H,1-11H2,(H,17,20)(H,21,22)/t13-/m0/s1. The molecule has 1 saturated carbocycles. The van der Waals surface area contributed by atoms with E-state index < -0.39 is 11.9 Å². The Bertz CT molecular complexity index is 418. The van der Waals surface area contributed by atoms with Crippen molar-refractivity contribution in [2.45, 2.75) is 51.4 Å². The van der Waals surface area contributed by atoms with Crippen molar-refractivity contribution in [3.63, 3.8) is 0 Å². The van der Waals surface area contributed by atoms with Crippen LogP contribution in [0.5, 0.6) is 0 Å². The summed E-state index contributed by atoms with van der Waals surface area (Å²) in [4.78, 5) is 36.7. The third-order valence-corrected chi connectivity index (χ3v) is 4.74. The molecular formula is C16H26N2O4. The Morgan fingerprint density at radius 2 is 1.68 bits per heavy atom. The highest BCUT2D eigenvalue weighted by Crippen LogP contribution is 2.23. The van der Waals surface area contributed by atoms with Crippen molar-refractivity contribution in [2.75, 3.05) is 19.6 Å². The maximum atomic E-state index is 12.1. The normalized spacial score (nSPS) is 23.1. The third-order valence-electron chi connectivity index (χ3n) is 4.74. The fourth-order valence-corrected chi connectivity index (χ4v) is 3.37. The highest BCUT2D eigenvalue weighted by molar-refractivity contribution is 5.81. The monoisotopic (exact) mass is 310 g/mol. The molecule has 6 nitrogen and oxygen atoms in total. The number of nitrogens with zero attached hydrogens (tertiary/aromatic N) is 1. The Hall–Kier alpha value is -1.59. The molecule has 0 aromatic rings. The second-order valence-electron chi connectivity index (χ2n) is 6.39. The molecule has 2 rings (SSSR count).